The molecule has 3 heterocycles. The molecule has 3 N–H and O–H groups in total. The van der Waals surface area contributed by atoms with E-state index in [4.69, 9.17) is 4.42 Å². The van der Waals surface area contributed by atoms with Crippen molar-refractivity contribution in [1.29, 1.82) is 0 Å². The number of anilines is 2. The highest BCUT2D eigenvalue weighted by atomic mass is 16.3. The van der Waals surface area contributed by atoms with Crippen molar-refractivity contribution >= 4 is 23.2 Å². The van der Waals surface area contributed by atoms with Crippen molar-refractivity contribution in [1.82, 2.24) is 5.32 Å². The van der Waals surface area contributed by atoms with Crippen molar-refractivity contribution in [3.63, 3.8) is 0 Å². The third-order valence-electron chi connectivity index (χ3n) is 5.23. The first-order valence-corrected chi connectivity index (χ1v) is 9.15. The fourth-order valence-corrected chi connectivity index (χ4v) is 4.09. The largest absolute Gasteiger partial charge is 0.472 e. The van der Waals surface area contributed by atoms with Gasteiger partial charge in [-0.25, -0.2) is 0 Å². The Kier molecular flexibility index (Phi) is 4.75. The number of furan rings is 1. The Hall–Kier alpha value is -2.60. The molecule has 2 aromatic rings. The molecule has 2 amide bonds. The fourth-order valence-electron chi connectivity index (χ4n) is 4.09. The Morgan fingerprint density at radius 1 is 1.08 bits per heavy atom. The number of fused-ring (bicyclic) bond motifs is 2. The lowest BCUT2D eigenvalue weighted by molar-refractivity contribution is -0.117. The molecular formula is C20H23N3O3. The number of hydrogen-bond donors (Lipinski definition) is 3. The van der Waals surface area contributed by atoms with Crippen LogP contribution in [0.5, 0.6) is 0 Å². The zero-order chi connectivity index (χ0) is 17.9. The lowest BCUT2D eigenvalue weighted by Gasteiger charge is -2.28. The second-order valence-electron chi connectivity index (χ2n) is 7.27. The van der Waals surface area contributed by atoms with E-state index in [9.17, 15) is 9.59 Å². The van der Waals surface area contributed by atoms with E-state index in [2.05, 4.69) is 16.0 Å². The lowest BCUT2D eigenvalue weighted by Crippen LogP contribution is -2.39. The molecule has 6 nitrogen and oxygen atoms in total. The van der Waals surface area contributed by atoms with Crippen LogP contribution in [-0.2, 0) is 4.79 Å². The molecule has 1 aromatic carbocycles. The van der Waals surface area contributed by atoms with Crippen molar-refractivity contribution < 1.29 is 14.0 Å². The Labute approximate surface area is 152 Å². The number of carbonyl (C=O) groups excluding carboxylic acids is 2. The highest BCUT2D eigenvalue weighted by molar-refractivity contribution is 6.04. The van der Waals surface area contributed by atoms with Crippen molar-refractivity contribution in [3.05, 3.63) is 48.4 Å². The molecule has 0 aliphatic carbocycles. The van der Waals surface area contributed by atoms with Crippen LogP contribution in [0.4, 0.5) is 11.4 Å². The zero-order valence-corrected chi connectivity index (χ0v) is 14.5. The molecule has 0 saturated carbocycles. The Balaban J connectivity index is 1.33. The van der Waals surface area contributed by atoms with Crippen LogP contribution in [0.1, 0.15) is 42.5 Å². The third-order valence-corrected chi connectivity index (χ3v) is 5.23. The molecule has 2 atom stereocenters. The van der Waals surface area contributed by atoms with Crippen LogP contribution in [0.15, 0.2) is 47.3 Å². The molecule has 26 heavy (non-hydrogen) atoms. The number of hydrogen-bond acceptors (Lipinski definition) is 4. The number of rotatable bonds is 5. The van der Waals surface area contributed by atoms with Gasteiger partial charge in [-0.1, -0.05) is 6.07 Å². The summed E-state index contributed by atoms with van der Waals surface area (Å²) < 4.78 is 4.92. The molecule has 6 heteroatoms. The van der Waals surface area contributed by atoms with E-state index in [0.29, 0.717) is 41.4 Å². The topological polar surface area (TPSA) is 83.4 Å². The van der Waals surface area contributed by atoms with Gasteiger partial charge in [0.2, 0.25) is 5.91 Å². The molecule has 2 bridgehead atoms. The van der Waals surface area contributed by atoms with Gasteiger partial charge >= 0.3 is 0 Å². The normalized spacial score (nSPS) is 24.2. The van der Waals surface area contributed by atoms with Gasteiger partial charge in [0.1, 0.15) is 6.26 Å². The molecular weight excluding hydrogens is 330 g/mol. The van der Waals surface area contributed by atoms with Crippen LogP contribution in [0, 0.1) is 5.92 Å². The molecule has 0 spiro atoms. The van der Waals surface area contributed by atoms with Gasteiger partial charge in [-0.2, -0.15) is 0 Å². The highest BCUT2D eigenvalue weighted by Crippen LogP contribution is 2.32. The fraction of sp³-hybridized carbons (Fsp3) is 0.400. The van der Waals surface area contributed by atoms with Gasteiger partial charge in [-0.15, -0.1) is 0 Å². The second-order valence-corrected chi connectivity index (χ2v) is 7.27. The predicted molar refractivity (Wildman–Crippen MR) is 99.0 cm³/mol. The van der Waals surface area contributed by atoms with Gasteiger partial charge in [-0.05, 0) is 55.9 Å². The average Bonchev–Trinajstić information content (AvgIpc) is 3.25. The average molecular weight is 353 g/mol. The zero-order valence-electron chi connectivity index (χ0n) is 14.5. The molecule has 1 aromatic heterocycles. The van der Waals surface area contributed by atoms with Gasteiger partial charge in [0, 0.05) is 29.9 Å². The van der Waals surface area contributed by atoms with Gasteiger partial charge in [0.15, 0.2) is 0 Å². The first kappa shape index (κ1) is 16.8. The number of benzene rings is 1. The summed E-state index contributed by atoms with van der Waals surface area (Å²) in [7, 11) is 0. The standard InChI is InChI=1S/C20H23N3O3/c24-19(10-13-8-17-4-5-18(9-13)21-17)22-15-2-1-3-16(11-15)23-20(25)14-6-7-26-12-14/h1-3,6-7,11-13,17-18,21H,4-5,8-10H2,(H,22,24)(H,23,25). The van der Waals surface area contributed by atoms with E-state index in [0.717, 1.165) is 12.8 Å². The maximum Gasteiger partial charge on any atom is 0.258 e. The summed E-state index contributed by atoms with van der Waals surface area (Å²) in [6, 6.07) is 9.98. The summed E-state index contributed by atoms with van der Waals surface area (Å²) in [6.45, 7) is 0. The molecule has 136 valence electrons. The Morgan fingerprint density at radius 3 is 2.50 bits per heavy atom. The minimum atomic E-state index is -0.243. The lowest BCUT2D eigenvalue weighted by atomic mass is 9.89. The van der Waals surface area contributed by atoms with Crippen LogP contribution in [0.2, 0.25) is 0 Å². The molecule has 4 rings (SSSR count). The molecule has 2 saturated heterocycles. The van der Waals surface area contributed by atoms with E-state index < -0.39 is 0 Å². The highest BCUT2D eigenvalue weighted by Gasteiger charge is 2.34. The first-order valence-electron chi connectivity index (χ1n) is 9.15. The van der Waals surface area contributed by atoms with Crippen molar-refractivity contribution in [2.45, 2.75) is 44.2 Å². The van der Waals surface area contributed by atoms with Crippen molar-refractivity contribution in [2.75, 3.05) is 10.6 Å². The summed E-state index contributed by atoms with van der Waals surface area (Å²) in [6.07, 6.45) is 8.06. The smallest absolute Gasteiger partial charge is 0.258 e. The van der Waals surface area contributed by atoms with E-state index in [1.54, 1.807) is 18.2 Å². The van der Waals surface area contributed by atoms with Gasteiger partial charge in [-0.3, -0.25) is 9.59 Å². The van der Waals surface area contributed by atoms with E-state index in [1.165, 1.54) is 25.4 Å². The number of nitrogens with one attached hydrogen (secondary N) is 3. The van der Waals surface area contributed by atoms with Crippen LogP contribution in [0.25, 0.3) is 0 Å². The number of amides is 2. The summed E-state index contributed by atoms with van der Waals surface area (Å²) in [5, 5.41) is 9.36. The SMILES string of the molecule is O=C(CC1CC2CCC(C1)N2)Nc1cccc(NC(=O)c2ccoc2)c1. The predicted octanol–water partition coefficient (Wildman–Crippen LogP) is 3.39. The second kappa shape index (κ2) is 7.33. The minimum absolute atomic E-state index is 0.0367. The number of carbonyl (C=O) groups is 2. The summed E-state index contributed by atoms with van der Waals surface area (Å²) >= 11 is 0. The molecule has 2 unspecified atom stereocenters. The van der Waals surface area contributed by atoms with Gasteiger partial charge in [0.25, 0.3) is 5.91 Å². The summed E-state index contributed by atoms with van der Waals surface area (Å²) in [5.74, 6) is 0.250. The van der Waals surface area contributed by atoms with Crippen molar-refractivity contribution in [2.24, 2.45) is 5.92 Å². The van der Waals surface area contributed by atoms with Crippen molar-refractivity contribution in [3.8, 4) is 0 Å². The van der Waals surface area contributed by atoms with Gasteiger partial charge < -0.3 is 20.4 Å². The Bertz CT molecular complexity index is 775. The van der Waals surface area contributed by atoms with E-state index in [-0.39, 0.29) is 11.8 Å². The number of piperidine rings is 1. The minimum Gasteiger partial charge on any atom is -0.472 e. The van der Waals surface area contributed by atoms with Crippen LogP contribution in [0.3, 0.4) is 0 Å². The molecule has 0 radical (unpaired) electrons. The van der Waals surface area contributed by atoms with Gasteiger partial charge in [0.05, 0.1) is 11.8 Å². The quantitative estimate of drug-likeness (QED) is 0.769. The summed E-state index contributed by atoms with van der Waals surface area (Å²) in [4.78, 5) is 24.5. The Morgan fingerprint density at radius 2 is 1.81 bits per heavy atom. The summed E-state index contributed by atoms with van der Waals surface area (Å²) in [5.41, 5.74) is 1.78. The van der Waals surface area contributed by atoms with Crippen LogP contribution >= 0.6 is 0 Å². The molecule has 2 aliphatic rings. The monoisotopic (exact) mass is 353 g/mol. The molecule has 2 aliphatic heterocycles. The van der Waals surface area contributed by atoms with E-state index in [1.807, 2.05) is 12.1 Å². The maximum atomic E-state index is 12.4. The third kappa shape index (κ3) is 3.96. The van der Waals surface area contributed by atoms with E-state index >= 15 is 0 Å². The van der Waals surface area contributed by atoms with Crippen LogP contribution < -0.4 is 16.0 Å². The van der Waals surface area contributed by atoms with Crippen LogP contribution in [-0.4, -0.2) is 23.9 Å². The maximum absolute atomic E-state index is 12.4. The first-order chi connectivity index (χ1) is 12.7. The molecule has 2 fully saturated rings.